The second-order valence-corrected chi connectivity index (χ2v) is 3.97. The number of furan rings is 1. The minimum atomic E-state index is -0.348. The molecular weight excluding hydrogens is 270 g/mol. The van der Waals surface area contributed by atoms with Crippen LogP contribution in [-0.4, -0.2) is 50.3 Å². The van der Waals surface area contributed by atoms with E-state index in [9.17, 15) is 4.79 Å². The lowest BCUT2D eigenvalue weighted by Gasteiger charge is -2.25. The molecule has 2 heterocycles. The van der Waals surface area contributed by atoms with Gasteiger partial charge in [-0.2, -0.15) is 0 Å². The Labute approximate surface area is 118 Å². The van der Waals surface area contributed by atoms with E-state index >= 15 is 0 Å². The number of hydrogen-bond donors (Lipinski definition) is 0. The van der Waals surface area contributed by atoms with Crippen molar-refractivity contribution in [3.63, 3.8) is 0 Å². The van der Waals surface area contributed by atoms with Crippen LogP contribution in [0.25, 0.3) is 6.08 Å². The zero-order chi connectivity index (χ0) is 12.6. The van der Waals surface area contributed by atoms with Crippen molar-refractivity contribution in [2.45, 2.75) is 0 Å². The largest absolute Gasteiger partial charge is 0.465 e. The van der Waals surface area contributed by atoms with Crippen LogP contribution in [0.3, 0.4) is 0 Å². The first-order valence-electron chi connectivity index (χ1n) is 6.03. The molecule has 19 heavy (non-hydrogen) atoms. The monoisotopic (exact) mass is 287 g/mol. The zero-order valence-electron chi connectivity index (χ0n) is 10.6. The molecule has 0 unspecified atom stereocenters. The Hall–Kier alpha value is -1.30. The lowest BCUT2D eigenvalue weighted by atomic mass is 10.4. The lowest BCUT2D eigenvalue weighted by Crippen LogP contribution is -2.38. The lowest BCUT2D eigenvalue weighted by molar-refractivity contribution is -0.138. The van der Waals surface area contributed by atoms with E-state index in [2.05, 4.69) is 4.90 Å². The van der Waals surface area contributed by atoms with Crippen molar-refractivity contribution >= 4 is 24.5 Å². The number of morpholine rings is 1. The summed E-state index contributed by atoms with van der Waals surface area (Å²) < 4.78 is 15.4. The van der Waals surface area contributed by atoms with Crippen molar-refractivity contribution in [2.24, 2.45) is 0 Å². The van der Waals surface area contributed by atoms with E-state index in [1.807, 2.05) is 0 Å². The normalized spacial score (nSPS) is 16.2. The van der Waals surface area contributed by atoms with Crippen molar-refractivity contribution in [1.29, 1.82) is 0 Å². The summed E-state index contributed by atoms with van der Waals surface area (Å²) >= 11 is 0. The molecule has 2 rings (SSSR count). The Balaban J connectivity index is 0.00000180. The quantitative estimate of drug-likeness (QED) is 0.608. The Morgan fingerprint density at radius 3 is 2.89 bits per heavy atom. The second-order valence-electron chi connectivity index (χ2n) is 3.97. The van der Waals surface area contributed by atoms with Crippen molar-refractivity contribution in [3.05, 3.63) is 30.2 Å². The summed E-state index contributed by atoms with van der Waals surface area (Å²) in [4.78, 5) is 13.6. The number of hydrogen-bond acceptors (Lipinski definition) is 5. The van der Waals surface area contributed by atoms with E-state index in [1.165, 1.54) is 6.08 Å². The molecule has 0 saturated carbocycles. The van der Waals surface area contributed by atoms with Gasteiger partial charge in [-0.15, -0.1) is 12.4 Å². The highest BCUT2D eigenvalue weighted by atomic mass is 35.5. The first-order valence-corrected chi connectivity index (χ1v) is 6.03. The van der Waals surface area contributed by atoms with Crippen molar-refractivity contribution < 1.29 is 18.7 Å². The highest BCUT2D eigenvalue weighted by Crippen LogP contribution is 2.02. The predicted octanol–water partition coefficient (Wildman–Crippen LogP) is 1.59. The average Bonchev–Trinajstić information content (AvgIpc) is 2.91. The van der Waals surface area contributed by atoms with Gasteiger partial charge in [-0.05, 0) is 18.2 Å². The number of carbonyl (C=O) groups is 1. The van der Waals surface area contributed by atoms with Gasteiger partial charge in [-0.3, -0.25) is 4.90 Å². The third-order valence-corrected chi connectivity index (χ3v) is 2.68. The molecule has 6 heteroatoms. The van der Waals surface area contributed by atoms with Crippen LogP contribution in [0.5, 0.6) is 0 Å². The molecule has 1 aromatic heterocycles. The summed E-state index contributed by atoms with van der Waals surface area (Å²) in [6.07, 6.45) is 4.53. The molecule has 0 aliphatic carbocycles. The number of nitrogens with zero attached hydrogens (tertiary/aromatic N) is 1. The van der Waals surface area contributed by atoms with E-state index in [1.54, 1.807) is 24.5 Å². The summed E-state index contributed by atoms with van der Waals surface area (Å²) in [5.41, 5.74) is 0. The Morgan fingerprint density at radius 2 is 2.21 bits per heavy atom. The number of carbonyl (C=O) groups excluding carboxylic acids is 1. The van der Waals surface area contributed by atoms with Crippen molar-refractivity contribution in [3.8, 4) is 0 Å². The highest BCUT2D eigenvalue weighted by molar-refractivity contribution is 5.86. The fraction of sp³-hybridized carbons (Fsp3) is 0.462. The van der Waals surface area contributed by atoms with E-state index in [0.717, 1.165) is 32.8 Å². The van der Waals surface area contributed by atoms with Crippen LogP contribution in [0.2, 0.25) is 0 Å². The molecule has 1 aliphatic rings. The molecule has 106 valence electrons. The molecule has 1 fully saturated rings. The molecule has 0 radical (unpaired) electrons. The van der Waals surface area contributed by atoms with E-state index in [0.29, 0.717) is 12.4 Å². The van der Waals surface area contributed by atoms with Crippen LogP contribution in [0.15, 0.2) is 28.9 Å². The van der Waals surface area contributed by atoms with Gasteiger partial charge in [-0.25, -0.2) is 4.79 Å². The number of ether oxygens (including phenoxy) is 2. The minimum absolute atomic E-state index is 0. The summed E-state index contributed by atoms with van der Waals surface area (Å²) in [7, 11) is 0. The van der Waals surface area contributed by atoms with Crippen LogP contribution < -0.4 is 0 Å². The minimum Gasteiger partial charge on any atom is -0.465 e. The third kappa shape index (κ3) is 5.92. The Morgan fingerprint density at radius 1 is 1.42 bits per heavy atom. The first kappa shape index (κ1) is 15.8. The molecule has 1 aliphatic heterocycles. The molecule has 1 saturated heterocycles. The van der Waals surface area contributed by atoms with Gasteiger partial charge in [0.1, 0.15) is 12.4 Å². The fourth-order valence-corrected chi connectivity index (χ4v) is 1.68. The maximum Gasteiger partial charge on any atom is 0.330 e. The molecule has 0 bridgehead atoms. The number of esters is 1. The molecular formula is C13H18ClNO4. The summed E-state index contributed by atoms with van der Waals surface area (Å²) in [6.45, 7) is 4.48. The summed E-state index contributed by atoms with van der Waals surface area (Å²) in [6, 6.07) is 3.54. The third-order valence-electron chi connectivity index (χ3n) is 2.68. The average molecular weight is 288 g/mol. The molecule has 0 atom stereocenters. The van der Waals surface area contributed by atoms with Crippen molar-refractivity contribution in [1.82, 2.24) is 4.90 Å². The fourth-order valence-electron chi connectivity index (χ4n) is 1.68. The number of halogens is 1. The molecule has 5 nitrogen and oxygen atoms in total. The van der Waals surface area contributed by atoms with Crippen molar-refractivity contribution in [2.75, 3.05) is 39.5 Å². The predicted molar refractivity (Wildman–Crippen MR) is 73.2 cm³/mol. The van der Waals surface area contributed by atoms with E-state index in [4.69, 9.17) is 13.9 Å². The van der Waals surface area contributed by atoms with Gasteiger partial charge >= 0.3 is 5.97 Å². The first-order chi connectivity index (χ1) is 8.84. The van der Waals surface area contributed by atoms with Gasteiger partial charge in [0, 0.05) is 25.7 Å². The Kier molecular flexibility index (Phi) is 7.25. The Bertz CT molecular complexity index is 385. The van der Waals surface area contributed by atoms with Crippen LogP contribution in [0.1, 0.15) is 5.76 Å². The summed E-state index contributed by atoms with van der Waals surface area (Å²) in [5, 5.41) is 0. The molecule has 0 aromatic carbocycles. The van der Waals surface area contributed by atoms with Gasteiger partial charge in [-0.1, -0.05) is 0 Å². The van der Waals surface area contributed by atoms with Gasteiger partial charge in [0.25, 0.3) is 0 Å². The number of rotatable bonds is 5. The maximum atomic E-state index is 11.4. The van der Waals surface area contributed by atoms with Gasteiger partial charge in [0.15, 0.2) is 0 Å². The molecule has 1 aromatic rings. The van der Waals surface area contributed by atoms with Gasteiger partial charge < -0.3 is 13.9 Å². The van der Waals surface area contributed by atoms with E-state index < -0.39 is 0 Å². The van der Waals surface area contributed by atoms with E-state index in [-0.39, 0.29) is 18.4 Å². The molecule has 0 amide bonds. The highest BCUT2D eigenvalue weighted by Gasteiger charge is 2.10. The van der Waals surface area contributed by atoms with Crippen LogP contribution >= 0.6 is 12.4 Å². The standard InChI is InChI=1S/C13H17NO4.ClH/c15-13(4-3-12-2-1-8-17-12)18-11-7-14-5-9-16-10-6-14;/h1-4,8H,5-7,9-11H2;1H. The molecule has 0 spiro atoms. The van der Waals surface area contributed by atoms with Crippen LogP contribution in [0, 0.1) is 0 Å². The SMILES string of the molecule is Cl.O=C(C=Cc1ccco1)OCCN1CCOCC1. The smallest absolute Gasteiger partial charge is 0.330 e. The van der Waals surface area contributed by atoms with Crippen LogP contribution in [0.4, 0.5) is 0 Å². The molecule has 0 N–H and O–H groups in total. The zero-order valence-corrected chi connectivity index (χ0v) is 11.4. The second kappa shape index (κ2) is 8.74. The summed E-state index contributed by atoms with van der Waals surface area (Å²) in [5.74, 6) is 0.291. The van der Waals surface area contributed by atoms with Gasteiger partial charge in [0.05, 0.1) is 19.5 Å². The van der Waals surface area contributed by atoms with Gasteiger partial charge in [0.2, 0.25) is 0 Å². The van der Waals surface area contributed by atoms with Crippen LogP contribution in [-0.2, 0) is 14.3 Å². The maximum absolute atomic E-state index is 11.4. The topological polar surface area (TPSA) is 51.9 Å².